The third kappa shape index (κ3) is 4.97. The van der Waals surface area contributed by atoms with Gasteiger partial charge >= 0.3 is 0 Å². The molecule has 0 radical (unpaired) electrons. The summed E-state index contributed by atoms with van der Waals surface area (Å²) in [4.78, 5) is 43.5. The number of H-pyrrole nitrogens is 1. The highest BCUT2D eigenvalue weighted by Crippen LogP contribution is 2.23. The molecule has 1 amide bonds. The Kier molecular flexibility index (Phi) is 6.23. The van der Waals surface area contributed by atoms with Crippen molar-refractivity contribution < 1.29 is 9.72 Å². The number of nitrogens with one attached hydrogen (secondary N) is 1. The number of hydrogen-bond donors (Lipinski definition) is 1. The maximum absolute atomic E-state index is 12.4. The van der Waals surface area contributed by atoms with Crippen LogP contribution in [-0.4, -0.2) is 32.7 Å². The van der Waals surface area contributed by atoms with Gasteiger partial charge in [0.25, 0.3) is 11.2 Å². The van der Waals surface area contributed by atoms with Crippen molar-refractivity contribution >= 4 is 34.1 Å². The van der Waals surface area contributed by atoms with Crippen molar-refractivity contribution in [2.24, 2.45) is 0 Å². The Balaban J connectivity index is 1.59. The number of halogens is 1. The van der Waals surface area contributed by atoms with E-state index in [4.69, 9.17) is 11.6 Å². The lowest BCUT2D eigenvalue weighted by Gasteiger charge is -2.18. The Hall–Kier alpha value is -3.26. The van der Waals surface area contributed by atoms with E-state index >= 15 is 0 Å². The first-order valence-corrected chi connectivity index (χ1v) is 9.37. The van der Waals surface area contributed by atoms with Gasteiger partial charge in [-0.15, -0.1) is 0 Å². The highest BCUT2D eigenvalue weighted by atomic mass is 35.5. The number of carbonyl (C=O) groups is 1. The van der Waals surface area contributed by atoms with Crippen molar-refractivity contribution in [1.82, 2.24) is 14.9 Å². The van der Waals surface area contributed by atoms with Crippen molar-refractivity contribution in [1.29, 1.82) is 0 Å². The third-order valence-electron chi connectivity index (χ3n) is 4.54. The Labute approximate surface area is 171 Å². The largest absolute Gasteiger partial charge is 0.341 e. The van der Waals surface area contributed by atoms with Crippen LogP contribution in [0.2, 0.25) is 5.02 Å². The summed E-state index contributed by atoms with van der Waals surface area (Å²) in [5, 5.41) is 11.8. The minimum atomic E-state index is -0.501. The lowest BCUT2D eigenvalue weighted by Crippen LogP contribution is -2.26. The molecule has 3 rings (SSSR count). The molecule has 0 bridgehead atoms. The minimum Gasteiger partial charge on any atom is -0.341 e. The van der Waals surface area contributed by atoms with E-state index in [9.17, 15) is 19.7 Å². The van der Waals surface area contributed by atoms with Gasteiger partial charge in [-0.2, -0.15) is 0 Å². The van der Waals surface area contributed by atoms with Gasteiger partial charge in [0, 0.05) is 43.6 Å². The van der Waals surface area contributed by atoms with E-state index in [2.05, 4.69) is 9.97 Å². The first kappa shape index (κ1) is 20.5. The molecule has 0 aliphatic rings. The number of hydrogen-bond acceptors (Lipinski definition) is 5. The molecule has 8 nitrogen and oxygen atoms in total. The van der Waals surface area contributed by atoms with Crippen molar-refractivity contribution in [2.75, 3.05) is 7.05 Å². The van der Waals surface area contributed by atoms with E-state index < -0.39 is 4.92 Å². The molecule has 0 spiro atoms. The quantitative estimate of drug-likeness (QED) is 0.470. The van der Waals surface area contributed by atoms with E-state index in [1.807, 2.05) is 6.07 Å². The van der Waals surface area contributed by atoms with Crippen LogP contribution in [0.5, 0.6) is 0 Å². The molecule has 0 fully saturated rings. The molecule has 3 aromatic rings. The lowest BCUT2D eigenvalue weighted by molar-refractivity contribution is -0.384. The van der Waals surface area contributed by atoms with Crippen molar-refractivity contribution in [2.45, 2.75) is 25.8 Å². The summed E-state index contributed by atoms with van der Waals surface area (Å²) in [5.74, 6) is 0.404. The van der Waals surface area contributed by atoms with Crippen LogP contribution in [0.1, 0.15) is 24.2 Å². The van der Waals surface area contributed by atoms with Crippen LogP contribution < -0.4 is 5.56 Å². The number of amides is 1. The number of nitro benzene ring substituents is 1. The number of rotatable bonds is 7. The van der Waals surface area contributed by atoms with Crippen molar-refractivity contribution in [3.63, 3.8) is 0 Å². The number of non-ortho nitro benzene ring substituents is 1. The Morgan fingerprint density at radius 2 is 2.03 bits per heavy atom. The topological polar surface area (TPSA) is 109 Å². The molecule has 1 N–H and O–H groups in total. The number of para-hydroxylation sites is 1. The Bertz CT molecular complexity index is 1130. The third-order valence-corrected chi connectivity index (χ3v) is 4.91. The van der Waals surface area contributed by atoms with E-state index in [0.29, 0.717) is 40.2 Å². The summed E-state index contributed by atoms with van der Waals surface area (Å²) in [6.07, 6.45) is 1.21. The standard InChI is InChI=1S/C20H19ClN4O4/c1-24(12-13-11-14(25(28)29)9-10-16(13)21)19(26)8-4-7-18-22-17-6-3-2-5-15(17)20(27)23-18/h2-3,5-6,9-11H,4,7-8,12H2,1H3,(H,22,23,27). The van der Waals surface area contributed by atoms with E-state index in [1.54, 1.807) is 25.2 Å². The average molecular weight is 415 g/mol. The van der Waals surface area contributed by atoms with Crippen LogP contribution in [0, 0.1) is 10.1 Å². The highest BCUT2D eigenvalue weighted by molar-refractivity contribution is 6.31. The first-order valence-electron chi connectivity index (χ1n) is 9.00. The number of aromatic nitrogens is 2. The summed E-state index contributed by atoms with van der Waals surface area (Å²) >= 11 is 6.09. The summed E-state index contributed by atoms with van der Waals surface area (Å²) in [6, 6.07) is 11.2. The molecular formula is C20H19ClN4O4. The molecule has 2 aromatic carbocycles. The molecule has 0 saturated heterocycles. The fourth-order valence-electron chi connectivity index (χ4n) is 2.99. The van der Waals surface area contributed by atoms with Gasteiger partial charge in [-0.3, -0.25) is 19.7 Å². The number of nitrogens with zero attached hydrogens (tertiary/aromatic N) is 3. The van der Waals surface area contributed by atoms with Gasteiger partial charge in [0.2, 0.25) is 5.91 Å². The van der Waals surface area contributed by atoms with E-state index in [-0.39, 0.29) is 30.1 Å². The number of aryl methyl sites for hydroxylation is 1. The van der Waals surface area contributed by atoms with Crippen LogP contribution in [0.4, 0.5) is 5.69 Å². The lowest BCUT2D eigenvalue weighted by atomic mass is 10.1. The van der Waals surface area contributed by atoms with Gasteiger partial charge in [-0.25, -0.2) is 4.98 Å². The maximum atomic E-state index is 12.4. The first-order chi connectivity index (χ1) is 13.8. The molecule has 150 valence electrons. The van der Waals surface area contributed by atoms with Crippen molar-refractivity contribution in [3.05, 3.63) is 79.3 Å². The molecule has 0 atom stereocenters. The number of nitro groups is 1. The van der Waals surface area contributed by atoms with Crippen LogP contribution >= 0.6 is 11.6 Å². The molecule has 0 aliphatic heterocycles. The number of aromatic amines is 1. The molecule has 0 saturated carbocycles. The number of carbonyl (C=O) groups excluding carboxylic acids is 1. The molecule has 9 heteroatoms. The summed E-state index contributed by atoms with van der Waals surface area (Å²) < 4.78 is 0. The smallest absolute Gasteiger partial charge is 0.269 e. The van der Waals surface area contributed by atoms with Crippen LogP contribution in [0.25, 0.3) is 10.9 Å². The maximum Gasteiger partial charge on any atom is 0.269 e. The Morgan fingerprint density at radius 1 is 1.28 bits per heavy atom. The summed E-state index contributed by atoms with van der Waals surface area (Å²) in [7, 11) is 1.62. The average Bonchev–Trinajstić information content (AvgIpc) is 2.69. The fraction of sp³-hybridized carbons (Fsp3) is 0.250. The monoisotopic (exact) mass is 414 g/mol. The molecule has 1 heterocycles. The van der Waals surface area contributed by atoms with Crippen LogP contribution in [0.15, 0.2) is 47.3 Å². The molecular weight excluding hydrogens is 396 g/mol. The zero-order valence-electron chi connectivity index (χ0n) is 15.7. The predicted molar refractivity (Wildman–Crippen MR) is 110 cm³/mol. The normalized spacial score (nSPS) is 10.8. The highest BCUT2D eigenvalue weighted by Gasteiger charge is 2.15. The SMILES string of the molecule is CN(Cc1cc([N+](=O)[O-])ccc1Cl)C(=O)CCCc1nc2ccccc2c(=O)[nH]1. The van der Waals surface area contributed by atoms with Crippen molar-refractivity contribution in [3.8, 4) is 0 Å². The van der Waals surface area contributed by atoms with Gasteiger partial charge in [-0.05, 0) is 30.2 Å². The summed E-state index contributed by atoms with van der Waals surface area (Å²) in [5.41, 5.74) is 0.859. The van der Waals surface area contributed by atoms with Gasteiger partial charge in [0.05, 0.1) is 15.8 Å². The second-order valence-electron chi connectivity index (χ2n) is 6.67. The van der Waals surface area contributed by atoms with Gasteiger partial charge in [-0.1, -0.05) is 23.7 Å². The Morgan fingerprint density at radius 3 is 2.79 bits per heavy atom. The number of fused-ring (bicyclic) bond motifs is 1. The fourth-order valence-corrected chi connectivity index (χ4v) is 3.17. The van der Waals surface area contributed by atoms with Crippen LogP contribution in [-0.2, 0) is 17.8 Å². The van der Waals surface area contributed by atoms with Gasteiger partial charge < -0.3 is 9.88 Å². The van der Waals surface area contributed by atoms with Gasteiger partial charge in [0.1, 0.15) is 5.82 Å². The molecule has 29 heavy (non-hydrogen) atoms. The van der Waals surface area contributed by atoms with E-state index in [1.165, 1.54) is 23.1 Å². The minimum absolute atomic E-state index is 0.0726. The zero-order valence-corrected chi connectivity index (χ0v) is 16.5. The second kappa shape index (κ2) is 8.83. The molecule has 1 aromatic heterocycles. The van der Waals surface area contributed by atoms with Gasteiger partial charge in [0.15, 0.2) is 0 Å². The molecule has 0 aliphatic carbocycles. The number of benzene rings is 2. The summed E-state index contributed by atoms with van der Waals surface area (Å²) in [6.45, 7) is 0.171. The molecule has 0 unspecified atom stereocenters. The van der Waals surface area contributed by atoms with E-state index in [0.717, 1.165) is 0 Å². The predicted octanol–water partition coefficient (Wildman–Crippen LogP) is 3.47. The van der Waals surface area contributed by atoms with Crippen LogP contribution in [0.3, 0.4) is 0 Å². The second-order valence-corrected chi connectivity index (χ2v) is 7.07. The zero-order chi connectivity index (χ0) is 21.0.